The molecule has 0 radical (unpaired) electrons. The second-order valence-corrected chi connectivity index (χ2v) is 3.91. The van der Waals surface area contributed by atoms with Crippen LogP contribution in [0.4, 0.5) is 0 Å². The van der Waals surface area contributed by atoms with E-state index < -0.39 is 0 Å². The Morgan fingerprint density at radius 2 is 2.17 bits per heavy atom. The lowest BCUT2D eigenvalue weighted by molar-refractivity contribution is 0.0600. The maximum atomic E-state index is 11.3. The third-order valence-electron chi connectivity index (χ3n) is 2.45. The summed E-state index contributed by atoms with van der Waals surface area (Å²) in [6, 6.07) is 7.31. The van der Waals surface area contributed by atoms with Gasteiger partial charge in [-0.1, -0.05) is 31.2 Å². The molecule has 0 aliphatic rings. The van der Waals surface area contributed by atoms with Crippen molar-refractivity contribution in [1.82, 2.24) is 0 Å². The quantitative estimate of drug-likeness (QED) is 0.422. The van der Waals surface area contributed by atoms with Gasteiger partial charge in [0.05, 0.1) is 25.9 Å². The molecule has 1 rings (SSSR count). The van der Waals surface area contributed by atoms with E-state index in [-0.39, 0.29) is 5.97 Å². The lowest BCUT2D eigenvalue weighted by Crippen LogP contribution is -2.02. The van der Waals surface area contributed by atoms with Crippen molar-refractivity contribution in [3.8, 4) is 0 Å². The number of allylic oxidation sites excluding steroid dienone is 1. The third-order valence-corrected chi connectivity index (χ3v) is 2.45. The number of benzene rings is 1. The highest BCUT2D eigenvalue weighted by Gasteiger charge is 2.05. The first-order valence-corrected chi connectivity index (χ1v) is 6.18. The molecule has 98 valence electrons. The van der Waals surface area contributed by atoms with Crippen LogP contribution in [0, 0.1) is 0 Å². The number of ether oxygens (including phenoxy) is 2. The zero-order valence-corrected chi connectivity index (χ0v) is 11.0. The van der Waals surface area contributed by atoms with Gasteiger partial charge >= 0.3 is 5.97 Å². The first-order chi connectivity index (χ1) is 8.77. The Bertz CT molecular complexity index is 396. The number of hydrogen-bond donors (Lipinski definition) is 0. The molecule has 1 aromatic carbocycles. The van der Waals surface area contributed by atoms with Crippen LogP contribution in [0.3, 0.4) is 0 Å². The molecule has 0 saturated heterocycles. The van der Waals surface area contributed by atoms with E-state index in [9.17, 15) is 4.79 Å². The first-order valence-electron chi connectivity index (χ1n) is 6.18. The molecule has 3 heteroatoms. The molecule has 0 aliphatic carbocycles. The minimum atomic E-state index is -0.317. The van der Waals surface area contributed by atoms with Crippen LogP contribution in [0.5, 0.6) is 0 Å². The molecule has 0 aliphatic heterocycles. The molecular weight excluding hydrogens is 228 g/mol. The monoisotopic (exact) mass is 248 g/mol. The molecular formula is C15H20O3. The summed E-state index contributed by atoms with van der Waals surface area (Å²) >= 11 is 0. The number of methoxy groups -OCH3 is 1. The van der Waals surface area contributed by atoms with E-state index in [0.717, 1.165) is 18.4 Å². The van der Waals surface area contributed by atoms with Crippen molar-refractivity contribution in [1.29, 1.82) is 0 Å². The van der Waals surface area contributed by atoms with Gasteiger partial charge < -0.3 is 9.47 Å². The lowest BCUT2D eigenvalue weighted by atomic mass is 10.1. The van der Waals surface area contributed by atoms with Crippen LogP contribution in [0.25, 0.3) is 0 Å². The molecule has 0 fully saturated rings. The summed E-state index contributed by atoms with van der Waals surface area (Å²) in [5.41, 5.74) is 1.54. The lowest BCUT2D eigenvalue weighted by Gasteiger charge is -2.05. The Balaban J connectivity index is 2.38. The van der Waals surface area contributed by atoms with Gasteiger partial charge in [0.15, 0.2) is 0 Å². The summed E-state index contributed by atoms with van der Waals surface area (Å²) in [6.07, 6.45) is 6.22. The molecule has 0 N–H and O–H groups in total. The van der Waals surface area contributed by atoms with Crippen LogP contribution < -0.4 is 0 Å². The molecule has 0 spiro atoms. The average molecular weight is 248 g/mol. The summed E-state index contributed by atoms with van der Waals surface area (Å²) in [7, 11) is 1.38. The molecule has 0 heterocycles. The summed E-state index contributed by atoms with van der Waals surface area (Å²) in [4.78, 5) is 11.3. The van der Waals surface area contributed by atoms with E-state index in [1.807, 2.05) is 12.1 Å². The Morgan fingerprint density at radius 1 is 1.33 bits per heavy atom. The van der Waals surface area contributed by atoms with E-state index in [0.29, 0.717) is 18.8 Å². The SMILES string of the molecule is CC/C=C\CCOCc1cccc(C(=O)OC)c1. The highest BCUT2D eigenvalue weighted by atomic mass is 16.5. The largest absolute Gasteiger partial charge is 0.465 e. The first kappa shape index (κ1) is 14.5. The summed E-state index contributed by atoms with van der Waals surface area (Å²) in [5, 5.41) is 0. The summed E-state index contributed by atoms with van der Waals surface area (Å²) < 4.78 is 10.2. The van der Waals surface area contributed by atoms with Crippen molar-refractivity contribution in [2.75, 3.05) is 13.7 Å². The van der Waals surface area contributed by atoms with Crippen LogP contribution in [0.2, 0.25) is 0 Å². The minimum absolute atomic E-state index is 0.317. The maximum Gasteiger partial charge on any atom is 0.337 e. The molecule has 0 amide bonds. The third kappa shape index (κ3) is 5.15. The average Bonchev–Trinajstić information content (AvgIpc) is 2.42. The fourth-order valence-corrected chi connectivity index (χ4v) is 1.53. The van der Waals surface area contributed by atoms with Crippen molar-refractivity contribution in [3.05, 3.63) is 47.5 Å². The summed E-state index contributed by atoms with van der Waals surface area (Å²) in [5.74, 6) is -0.317. The number of carbonyl (C=O) groups is 1. The van der Waals surface area contributed by atoms with Crippen LogP contribution >= 0.6 is 0 Å². The van der Waals surface area contributed by atoms with E-state index in [1.54, 1.807) is 12.1 Å². The number of esters is 1. The van der Waals surface area contributed by atoms with E-state index >= 15 is 0 Å². The molecule has 1 aromatic rings. The Hall–Kier alpha value is -1.61. The highest BCUT2D eigenvalue weighted by Crippen LogP contribution is 2.08. The zero-order chi connectivity index (χ0) is 13.2. The van der Waals surface area contributed by atoms with Gasteiger partial charge in [-0.25, -0.2) is 4.79 Å². The van der Waals surface area contributed by atoms with Gasteiger partial charge in [0.1, 0.15) is 0 Å². The number of hydrogen-bond acceptors (Lipinski definition) is 3. The number of carbonyl (C=O) groups excluding carboxylic acids is 1. The second kappa shape index (κ2) is 8.48. The van der Waals surface area contributed by atoms with Crippen LogP contribution in [-0.4, -0.2) is 19.7 Å². The van der Waals surface area contributed by atoms with Gasteiger partial charge in [0, 0.05) is 0 Å². The van der Waals surface area contributed by atoms with E-state index in [1.165, 1.54) is 7.11 Å². The van der Waals surface area contributed by atoms with Gasteiger partial charge in [-0.2, -0.15) is 0 Å². The molecule has 18 heavy (non-hydrogen) atoms. The second-order valence-electron chi connectivity index (χ2n) is 3.91. The topological polar surface area (TPSA) is 35.5 Å². The normalized spacial score (nSPS) is 10.8. The van der Waals surface area contributed by atoms with Crippen LogP contribution in [0.15, 0.2) is 36.4 Å². The van der Waals surface area contributed by atoms with Gasteiger partial charge in [-0.05, 0) is 30.5 Å². The standard InChI is InChI=1S/C15H20O3/c1-3-4-5-6-10-18-12-13-8-7-9-14(11-13)15(16)17-2/h4-5,7-9,11H,3,6,10,12H2,1-2H3/b5-4-. The molecule has 0 atom stereocenters. The van der Waals surface area contributed by atoms with Crippen molar-refractivity contribution in [3.63, 3.8) is 0 Å². The molecule has 0 saturated carbocycles. The predicted molar refractivity (Wildman–Crippen MR) is 71.5 cm³/mol. The van der Waals surface area contributed by atoms with Crippen LogP contribution in [-0.2, 0) is 16.1 Å². The fourth-order valence-electron chi connectivity index (χ4n) is 1.53. The number of rotatable bonds is 7. The smallest absolute Gasteiger partial charge is 0.337 e. The summed E-state index contributed by atoms with van der Waals surface area (Å²) in [6.45, 7) is 3.32. The molecule has 0 bridgehead atoms. The minimum Gasteiger partial charge on any atom is -0.465 e. The van der Waals surface area contributed by atoms with Crippen molar-refractivity contribution < 1.29 is 14.3 Å². The van der Waals surface area contributed by atoms with Gasteiger partial charge in [0.25, 0.3) is 0 Å². The Labute approximate surface area is 108 Å². The van der Waals surface area contributed by atoms with Crippen molar-refractivity contribution in [2.45, 2.75) is 26.4 Å². The maximum absolute atomic E-state index is 11.3. The van der Waals surface area contributed by atoms with E-state index in [2.05, 4.69) is 23.8 Å². The highest BCUT2D eigenvalue weighted by molar-refractivity contribution is 5.89. The zero-order valence-electron chi connectivity index (χ0n) is 11.0. The molecule has 3 nitrogen and oxygen atoms in total. The van der Waals surface area contributed by atoms with Gasteiger partial charge in [0.2, 0.25) is 0 Å². The van der Waals surface area contributed by atoms with E-state index in [4.69, 9.17) is 4.74 Å². The molecule has 0 aromatic heterocycles. The molecule has 0 unspecified atom stereocenters. The Morgan fingerprint density at radius 3 is 2.89 bits per heavy atom. The van der Waals surface area contributed by atoms with Gasteiger partial charge in [-0.15, -0.1) is 0 Å². The Kier molecular flexibility index (Phi) is 6.81. The van der Waals surface area contributed by atoms with Gasteiger partial charge in [-0.3, -0.25) is 0 Å². The predicted octanol–water partition coefficient (Wildman–Crippen LogP) is 3.35. The van der Waals surface area contributed by atoms with Crippen LogP contribution in [0.1, 0.15) is 35.7 Å². The van der Waals surface area contributed by atoms with Crippen molar-refractivity contribution >= 4 is 5.97 Å². The fraction of sp³-hybridized carbons (Fsp3) is 0.400. The van der Waals surface area contributed by atoms with Crippen molar-refractivity contribution in [2.24, 2.45) is 0 Å².